The number of carbonyl (C=O) groups is 1. The molecular weight excluding hydrogens is 368 g/mol. The summed E-state index contributed by atoms with van der Waals surface area (Å²) in [7, 11) is 0. The lowest BCUT2D eigenvalue weighted by atomic mass is 10.3. The summed E-state index contributed by atoms with van der Waals surface area (Å²) in [4.78, 5) is 21.1. The number of nitro groups is 1. The first-order chi connectivity index (χ1) is 8.54. The van der Waals surface area contributed by atoms with Gasteiger partial charge in [-0.3, -0.25) is 14.9 Å². The van der Waals surface area contributed by atoms with Crippen molar-refractivity contribution in [2.24, 2.45) is 0 Å². The van der Waals surface area contributed by atoms with Crippen molar-refractivity contribution in [3.8, 4) is 5.69 Å². The fourth-order valence-corrected chi connectivity index (χ4v) is 2.48. The molecule has 0 unspecified atom stereocenters. The summed E-state index contributed by atoms with van der Waals surface area (Å²) in [6, 6.07) is 7.62. The number of halogens is 2. The summed E-state index contributed by atoms with van der Waals surface area (Å²) in [5.41, 5.74) is 1.12. The average Bonchev–Trinajstić information content (AvgIpc) is 2.65. The van der Waals surface area contributed by atoms with Crippen LogP contribution in [0.1, 0.15) is 10.5 Å². The van der Waals surface area contributed by atoms with Gasteiger partial charge >= 0.3 is 0 Å². The van der Waals surface area contributed by atoms with Crippen molar-refractivity contribution in [3.63, 3.8) is 0 Å². The van der Waals surface area contributed by atoms with Gasteiger partial charge in [-0.2, -0.15) is 0 Å². The molecule has 0 bridgehead atoms. The molecule has 0 spiro atoms. The van der Waals surface area contributed by atoms with Crippen molar-refractivity contribution < 1.29 is 9.72 Å². The molecule has 92 valence electrons. The molecule has 0 atom stereocenters. The minimum Gasteiger partial charge on any atom is -0.300 e. The number of hydrogen-bond acceptors (Lipinski definition) is 3. The van der Waals surface area contributed by atoms with Crippen molar-refractivity contribution in [1.82, 2.24) is 4.57 Å². The van der Waals surface area contributed by atoms with E-state index in [0.29, 0.717) is 16.0 Å². The molecule has 0 fully saturated rings. The number of aldehydes is 1. The molecule has 0 radical (unpaired) electrons. The molecule has 0 saturated heterocycles. The molecule has 0 N–H and O–H groups in total. The second-order valence-electron chi connectivity index (χ2n) is 3.43. The number of non-ortho nitro benzene ring substituents is 1. The summed E-state index contributed by atoms with van der Waals surface area (Å²) in [6.07, 6.45) is 0.719. The maximum Gasteiger partial charge on any atom is 0.269 e. The van der Waals surface area contributed by atoms with Crippen LogP contribution in [0.2, 0.25) is 0 Å². The van der Waals surface area contributed by atoms with Crippen molar-refractivity contribution >= 4 is 43.8 Å². The van der Waals surface area contributed by atoms with Crippen LogP contribution >= 0.6 is 31.9 Å². The van der Waals surface area contributed by atoms with E-state index in [9.17, 15) is 14.9 Å². The van der Waals surface area contributed by atoms with Gasteiger partial charge < -0.3 is 4.57 Å². The van der Waals surface area contributed by atoms with E-state index >= 15 is 0 Å². The summed E-state index contributed by atoms with van der Waals surface area (Å²) in [5.74, 6) is 0. The summed E-state index contributed by atoms with van der Waals surface area (Å²) >= 11 is 6.66. The monoisotopic (exact) mass is 372 g/mol. The zero-order chi connectivity index (χ0) is 13.3. The molecule has 0 aliphatic carbocycles. The SMILES string of the molecule is O=Cc1cc(Br)c(Br)n1-c1ccc([N+](=O)[O-])cc1. The number of hydrogen-bond donors (Lipinski definition) is 0. The Balaban J connectivity index is 2.55. The van der Waals surface area contributed by atoms with E-state index in [1.807, 2.05) is 0 Å². The third kappa shape index (κ3) is 2.23. The lowest BCUT2D eigenvalue weighted by molar-refractivity contribution is -0.384. The van der Waals surface area contributed by atoms with E-state index in [1.165, 1.54) is 12.1 Å². The van der Waals surface area contributed by atoms with Gasteiger partial charge in [-0.1, -0.05) is 0 Å². The van der Waals surface area contributed by atoms with Crippen LogP contribution in [-0.2, 0) is 0 Å². The smallest absolute Gasteiger partial charge is 0.269 e. The van der Waals surface area contributed by atoms with E-state index < -0.39 is 4.92 Å². The number of rotatable bonds is 3. The largest absolute Gasteiger partial charge is 0.300 e. The molecule has 0 aliphatic rings. The van der Waals surface area contributed by atoms with E-state index in [-0.39, 0.29) is 5.69 Å². The first-order valence-electron chi connectivity index (χ1n) is 4.81. The maximum atomic E-state index is 11.0. The van der Waals surface area contributed by atoms with Crippen LogP contribution in [0.4, 0.5) is 5.69 Å². The fourth-order valence-electron chi connectivity index (χ4n) is 1.55. The Morgan fingerprint density at radius 1 is 1.22 bits per heavy atom. The molecule has 1 aromatic carbocycles. The minimum atomic E-state index is -0.467. The molecule has 2 rings (SSSR count). The Kier molecular flexibility index (Phi) is 3.63. The average molecular weight is 374 g/mol. The van der Waals surface area contributed by atoms with Crippen molar-refractivity contribution in [2.75, 3.05) is 0 Å². The van der Waals surface area contributed by atoms with E-state index in [1.54, 1.807) is 22.8 Å². The quantitative estimate of drug-likeness (QED) is 0.467. The van der Waals surface area contributed by atoms with Gasteiger partial charge in [-0.15, -0.1) is 0 Å². The van der Waals surface area contributed by atoms with Gasteiger partial charge in [0.25, 0.3) is 5.69 Å². The fraction of sp³-hybridized carbons (Fsp3) is 0. The summed E-state index contributed by atoms with van der Waals surface area (Å²) in [6.45, 7) is 0. The Hall–Kier alpha value is -1.47. The number of carbonyl (C=O) groups excluding carboxylic acids is 1. The highest BCUT2D eigenvalue weighted by atomic mass is 79.9. The van der Waals surface area contributed by atoms with Crippen LogP contribution in [0.15, 0.2) is 39.4 Å². The standard InChI is InChI=1S/C11H6Br2N2O3/c12-10-5-9(6-16)14(11(10)13)7-1-3-8(4-2-7)15(17)18/h1-6H. The molecule has 0 saturated carbocycles. The second kappa shape index (κ2) is 5.03. The van der Waals surface area contributed by atoms with Gasteiger partial charge in [-0.05, 0) is 50.1 Å². The second-order valence-corrected chi connectivity index (χ2v) is 5.04. The molecule has 7 heteroatoms. The highest BCUT2D eigenvalue weighted by Gasteiger charge is 2.13. The van der Waals surface area contributed by atoms with Gasteiger partial charge in [0.15, 0.2) is 6.29 Å². The highest BCUT2D eigenvalue weighted by molar-refractivity contribution is 9.13. The van der Waals surface area contributed by atoms with Crippen LogP contribution in [0.25, 0.3) is 5.69 Å². The molecule has 18 heavy (non-hydrogen) atoms. The predicted octanol–water partition coefficient (Wildman–Crippen LogP) is 3.72. The molecule has 5 nitrogen and oxygen atoms in total. The normalized spacial score (nSPS) is 10.3. The Morgan fingerprint density at radius 3 is 2.33 bits per heavy atom. The van der Waals surface area contributed by atoms with Gasteiger partial charge in [0.1, 0.15) is 4.60 Å². The topological polar surface area (TPSA) is 65.1 Å². The van der Waals surface area contributed by atoms with Crippen molar-refractivity contribution in [3.05, 3.63) is 55.2 Å². The third-order valence-electron chi connectivity index (χ3n) is 2.37. The number of nitro benzene ring substituents is 1. The molecule has 1 aromatic heterocycles. The first kappa shape index (κ1) is 13.0. The van der Waals surface area contributed by atoms with Crippen LogP contribution in [-0.4, -0.2) is 15.8 Å². The van der Waals surface area contributed by atoms with Gasteiger partial charge in [0.05, 0.1) is 15.1 Å². The van der Waals surface area contributed by atoms with Crippen molar-refractivity contribution in [2.45, 2.75) is 0 Å². The van der Waals surface area contributed by atoms with E-state index in [2.05, 4.69) is 31.9 Å². The molecule has 1 heterocycles. The van der Waals surface area contributed by atoms with Gasteiger partial charge in [0.2, 0.25) is 0 Å². The number of aromatic nitrogens is 1. The minimum absolute atomic E-state index is 0.00810. The lowest BCUT2D eigenvalue weighted by Crippen LogP contribution is -1.99. The zero-order valence-electron chi connectivity index (χ0n) is 8.84. The van der Waals surface area contributed by atoms with Gasteiger partial charge in [0, 0.05) is 17.8 Å². The zero-order valence-corrected chi connectivity index (χ0v) is 12.0. The predicted molar refractivity (Wildman–Crippen MR) is 73.2 cm³/mol. The van der Waals surface area contributed by atoms with Crippen LogP contribution in [0.5, 0.6) is 0 Å². The Bertz CT molecular complexity index is 620. The number of benzene rings is 1. The molecule has 0 amide bonds. The van der Waals surface area contributed by atoms with E-state index in [0.717, 1.165) is 10.8 Å². The maximum absolute atomic E-state index is 11.0. The van der Waals surface area contributed by atoms with Crippen LogP contribution < -0.4 is 0 Å². The van der Waals surface area contributed by atoms with Crippen LogP contribution in [0, 0.1) is 10.1 Å². The lowest BCUT2D eigenvalue weighted by Gasteiger charge is -2.07. The Labute approximate surface area is 119 Å². The highest BCUT2D eigenvalue weighted by Crippen LogP contribution is 2.30. The number of nitrogens with zero attached hydrogens (tertiary/aromatic N) is 2. The third-order valence-corrected chi connectivity index (χ3v) is 4.28. The van der Waals surface area contributed by atoms with Crippen LogP contribution in [0.3, 0.4) is 0 Å². The van der Waals surface area contributed by atoms with Gasteiger partial charge in [-0.25, -0.2) is 0 Å². The molecular formula is C11H6Br2N2O3. The summed E-state index contributed by atoms with van der Waals surface area (Å²) < 4.78 is 3.07. The molecule has 2 aromatic rings. The molecule has 0 aliphatic heterocycles. The van der Waals surface area contributed by atoms with E-state index in [4.69, 9.17) is 0 Å². The first-order valence-corrected chi connectivity index (χ1v) is 6.40. The van der Waals surface area contributed by atoms with Crippen molar-refractivity contribution in [1.29, 1.82) is 0 Å². The summed E-state index contributed by atoms with van der Waals surface area (Å²) in [5, 5.41) is 10.6. The Morgan fingerprint density at radius 2 is 1.83 bits per heavy atom.